The van der Waals surface area contributed by atoms with Gasteiger partial charge in [-0.3, -0.25) is 4.79 Å². The number of aromatic nitrogens is 2. The first-order valence-corrected chi connectivity index (χ1v) is 7.16. The first-order valence-electron chi connectivity index (χ1n) is 4.90. The molecule has 1 aromatic rings. The van der Waals surface area contributed by atoms with Gasteiger partial charge < -0.3 is 5.32 Å². The summed E-state index contributed by atoms with van der Waals surface area (Å²) in [6.07, 6.45) is 2.69. The third kappa shape index (κ3) is 2.92. The summed E-state index contributed by atoms with van der Waals surface area (Å²) in [4.78, 5) is 11.7. The fraction of sp³-hybridized carbons (Fsp3) is 0.444. The Morgan fingerprint density at radius 1 is 1.41 bits per heavy atom. The summed E-state index contributed by atoms with van der Waals surface area (Å²) in [7, 11) is -3.15. The predicted molar refractivity (Wildman–Crippen MR) is 61.6 cm³/mol. The molecule has 1 aromatic heterocycles. The summed E-state index contributed by atoms with van der Waals surface area (Å²) in [5.74, 6) is -0.618. The van der Waals surface area contributed by atoms with Crippen molar-refractivity contribution in [1.82, 2.24) is 15.5 Å². The second kappa shape index (κ2) is 4.58. The minimum atomic E-state index is -3.15. The summed E-state index contributed by atoms with van der Waals surface area (Å²) in [5.41, 5.74) is 0.327. The number of halogens is 1. The van der Waals surface area contributed by atoms with Gasteiger partial charge >= 0.3 is 0 Å². The molecule has 2 heterocycles. The van der Waals surface area contributed by atoms with Crippen molar-refractivity contribution in [2.75, 3.05) is 11.5 Å². The molecule has 92 valence electrons. The number of carbonyl (C=O) groups excluding carboxylic acids is 1. The van der Waals surface area contributed by atoms with E-state index in [9.17, 15) is 13.2 Å². The molecule has 1 fully saturated rings. The van der Waals surface area contributed by atoms with E-state index in [1.807, 2.05) is 0 Å². The second-order valence-electron chi connectivity index (χ2n) is 3.80. The highest BCUT2D eigenvalue weighted by Crippen LogP contribution is 2.18. The van der Waals surface area contributed by atoms with Gasteiger partial charge in [-0.1, -0.05) is 0 Å². The van der Waals surface area contributed by atoms with Gasteiger partial charge in [-0.05, 0) is 6.07 Å². The van der Waals surface area contributed by atoms with Gasteiger partial charge in [-0.25, -0.2) is 8.42 Å². The van der Waals surface area contributed by atoms with E-state index in [1.165, 1.54) is 18.5 Å². The van der Waals surface area contributed by atoms with E-state index in [4.69, 9.17) is 11.6 Å². The number of alkyl halides is 1. The number of hydrogen-bond acceptors (Lipinski definition) is 5. The number of hydrogen-bond donors (Lipinski definition) is 1. The highest BCUT2D eigenvalue weighted by molar-refractivity contribution is 7.91. The average molecular weight is 276 g/mol. The van der Waals surface area contributed by atoms with Gasteiger partial charge in [-0.2, -0.15) is 10.2 Å². The van der Waals surface area contributed by atoms with Crippen molar-refractivity contribution in [3.05, 3.63) is 24.0 Å². The van der Waals surface area contributed by atoms with Crippen LogP contribution in [0.25, 0.3) is 0 Å². The Kier molecular flexibility index (Phi) is 3.30. The number of sulfone groups is 1. The molecular formula is C9H10ClN3O3S. The molecule has 1 aliphatic heterocycles. The van der Waals surface area contributed by atoms with Crippen LogP contribution in [0.3, 0.4) is 0 Å². The standard InChI is InChI=1S/C9H10ClN3O3S/c10-7-4-17(15,16)5-8(7)13-9(14)6-1-2-11-12-3-6/h1-3,7-8H,4-5H2,(H,13,14). The van der Waals surface area contributed by atoms with Gasteiger partial charge in [0.1, 0.15) is 0 Å². The predicted octanol–water partition coefficient (Wildman–Crippen LogP) is -0.389. The number of rotatable bonds is 2. The zero-order chi connectivity index (χ0) is 12.5. The Morgan fingerprint density at radius 3 is 2.71 bits per heavy atom. The smallest absolute Gasteiger partial charge is 0.253 e. The molecule has 2 atom stereocenters. The largest absolute Gasteiger partial charge is 0.347 e. The maximum Gasteiger partial charge on any atom is 0.253 e. The van der Waals surface area contributed by atoms with E-state index >= 15 is 0 Å². The molecule has 0 aromatic carbocycles. The molecule has 6 nitrogen and oxygen atoms in total. The lowest BCUT2D eigenvalue weighted by Crippen LogP contribution is -2.40. The SMILES string of the molecule is O=C(NC1CS(=O)(=O)CC1Cl)c1ccnnc1. The van der Waals surface area contributed by atoms with Gasteiger partial charge in [0.25, 0.3) is 5.91 Å². The minimum absolute atomic E-state index is 0.103. The molecular weight excluding hydrogens is 266 g/mol. The molecule has 0 spiro atoms. The van der Waals surface area contributed by atoms with Gasteiger partial charge in [0.2, 0.25) is 0 Å². The first-order chi connectivity index (χ1) is 7.98. The van der Waals surface area contributed by atoms with Crippen LogP contribution in [0.1, 0.15) is 10.4 Å². The van der Waals surface area contributed by atoms with E-state index in [1.54, 1.807) is 0 Å². The fourth-order valence-corrected chi connectivity index (χ4v) is 4.16. The van der Waals surface area contributed by atoms with Crippen LogP contribution in [-0.2, 0) is 9.84 Å². The molecule has 17 heavy (non-hydrogen) atoms. The Morgan fingerprint density at radius 2 is 2.18 bits per heavy atom. The zero-order valence-electron chi connectivity index (χ0n) is 8.71. The lowest BCUT2D eigenvalue weighted by atomic mass is 10.2. The first kappa shape index (κ1) is 12.3. The van der Waals surface area contributed by atoms with Crippen LogP contribution < -0.4 is 5.32 Å². The van der Waals surface area contributed by atoms with Crippen LogP contribution in [0, 0.1) is 0 Å². The maximum absolute atomic E-state index is 11.7. The van der Waals surface area contributed by atoms with Crippen LogP contribution in [0.2, 0.25) is 0 Å². The third-order valence-electron chi connectivity index (χ3n) is 2.45. The molecule has 0 bridgehead atoms. The summed E-state index contributed by atoms with van der Waals surface area (Å²) < 4.78 is 22.6. The second-order valence-corrected chi connectivity index (χ2v) is 6.52. The number of carbonyl (C=O) groups is 1. The molecule has 1 N–H and O–H groups in total. The number of nitrogens with zero attached hydrogens (tertiary/aromatic N) is 2. The molecule has 1 aliphatic rings. The van der Waals surface area contributed by atoms with E-state index in [-0.39, 0.29) is 11.5 Å². The van der Waals surface area contributed by atoms with Crippen molar-refractivity contribution in [1.29, 1.82) is 0 Å². The van der Waals surface area contributed by atoms with Crippen LogP contribution >= 0.6 is 11.6 Å². The van der Waals surface area contributed by atoms with Crippen LogP contribution in [0.15, 0.2) is 18.5 Å². The quantitative estimate of drug-likeness (QED) is 0.743. The van der Waals surface area contributed by atoms with Gasteiger partial charge in [-0.15, -0.1) is 11.6 Å². The molecule has 0 saturated carbocycles. The summed E-state index contributed by atoms with van der Waals surface area (Å²) in [6, 6.07) is 0.942. The van der Waals surface area contributed by atoms with Gasteiger partial charge in [0, 0.05) is 0 Å². The molecule has 1 amide bonds. The van der Waals surface area contributed by atoms with Crippen LogP contribution in [-0.4, -0.2) is 47.4 Å². The summed E-state index contributed by atoms with van der Waals surface area (Å²) in [6.45, 7) is 0. The maximum atomic E-state index is 11.7. The van der Waals surface area contributed by atoms with Crippen molar-refractivity contribution in [2.45, 2.75) is 11.4 Å². The van der Waals surface area contributed by atoms with E-state index in [2.05, 4.69) is 15.5 Å². The lowest BCUT2D eigenvalue weighted by Gasteiger charge is -2.13. The van der Waals surface area contributed by atoms with E-state index in [0.29, 0.717) is 5.56 Å². The zero-order valence-corrected chi connectivity index (χ0v) is 10.3. The third-order valence-corrected chi connectivity index (χ3v) is 4.82. The van der Waals surface area contributed by atoms with Crippen molar-refractivity contribution >= 4 is 27.3 Å². The molecule has 8 heteroatoms. The topological polar surface area (TPSA) is 89.0 Å². The van der Waals surface area contributed by atoms with Crippen LogP contribution in [0.4, 0.5) is 0 Å². The monoisotopic (exact) mass is 275 g/mol. The Balaban J connectivity index is 2.06. The summed E-state index contributed by atoms with van der Waals surface area (Å²) in [5, 5.41) is 9.11. The lowest BCUT2D eigenvalue weighted by molar-refractivity contribution is 0.0941. The van der Waals surface area contributed by atoms with Crippen molar-refractivity contribution < 1.29 is 13.2 Å². The fourth-order valence-electron chi connectivity index (χ4n) is 1.61. The normalized spacial score (nSPS) is 26.6. The van der Waals surface area contributed by atoms with Crippen LogP contribution in [0.5, 0.6) is 0 Å². The molecule has 2 unspecified atom stereocenters. The number of amides is 1. The molecule has 0 radical (unpaired) electrons. The molecule has 1 saturated heterocycles. The minimum Gasteiger partial charge on any atom is -0.347 e. The van der Waals surface area contributed by atoms with Crippen molar-refractivity contribution in [3.8, 4) is 0 Å². The highest BCUT2D eigenvalue weighted by atomic mass is 35.5. The van der Waals surface area contributed by atoms with E-state index < -0.39 is 27.2 Å². The van der Waals surface area contributed by atoms with Gasteiger partial charge in [0.15, 0.2) is 9.84 Å². The Labute approximate surface area is 103 Å². The van der Waals surface area contributed by atoms with E-state index in [0.717, 1.165) is 0 Å². The van der Waals surface area contributed by atoms with Crippen molar-refractivity contribution in [3.63, 3.8) is 0 Å². The Hall–Kier alpha value is -1.21. The summed E-state index contributed by atoms with van der Waals surface area (Å²) >= 11 is 5.87. The molecule has 0 aliphatic carbocycles. The molecule has 2 rings (SSSR count). The Bertz CT molecular complexity index is 520. The van der Waals surface area contributed by atoms with Crippen molar-refractivity contribution in [2.24, 2.45) is 0 Å². The highest BCUT2D eigenvalue weighted by Gasteiger charge is 2.37. The average Bonchev–Trinajstić information content (AvgIpc) is 2.53. The van der Waals surface area contributed by atoms with Gasteiger partial charge in [0.05, 0.1) is 40.9 Å². The number of nitrogens with one attached hydrogen (secondary N) is 1.